The van der Waals surface area contributed by atoms with Gasteiger partial charge >= 0.3 is 19.3 Å². The van der Waals surface area contributed by atoms with E-state index in [0.29, 0.717) is 71.8 Å². The Kier molecular flexibility index (Phi) is 28.8. The molecule has 0 saturated carbocycles. The zero-order valence-corrected chi connectivity index (χ0v) is 70.2. The minimum absolute atomic E-state index is 0.169. The number of aromatic nitrogens is 8. The molecule has 102 heavy (non-hydrogen) atoms. The monoisotopic (exact) mass is 1580 g/mol. The summed E-state index contributed by atoms with van der Waals surface area (Å²) in [4.78, 5) is 52.5. The zero-order valence-electron chi connectivity index (χ0n) is 64.0. The summed E-state index contributed by atoms with van der Waals surface area (Å²) in [6.45, 7) is 46.9. The maximum Gasteiger partial charge on any atom is 0.490 e. The van der Waals surface area contributed by atoms with Crippen LogP contribution in [0.1, 0.15) is 90.4 Å². The lowest BCUT2D eigenvalue weighted by atomic mass is 9.81. The molecule has 0 radical (unpaired) electrons. The fourth-order valence-electron chi connectivity index (χ4n) is 11.3. The number of carbonyl (C=O) groups excluding carboxylic acids is 2. The topological polar surface area (TPSA) is 229 Å². The van der Waals surface area contributed by atoms with Gasteiger partial charge in [0.05, 0.1) is 27.0 Å². The van der Waals surface area contributed by atoms with Crippen LogP contribution in [0.2, 0.25) is 103 Å². The highest BCUT2D eigenvalue weighted by Gasteiger charge is 2.33. The summed E-state index contributed by atoms with van der Waals surface area (Å²) in [6, 6.07) is 28.3. The van der Waals surface area contributed by atoms with Crippen molar-refractivity contribution in [3.05, 3.63) is 113 Å². The van der Waals surface area contributed by atoms with Crippen molar-refractivity contribution in [2.75, 3.05) is 89.3 Å². The molecule has 0 unspecified atom stereocenters. The second kappa shape index (κ2) is 35.9. The number of hydrogen-bond donors (Lipinski definition) is 2. The van der Waals surface area contributed by atoms with Gasteiger partial charge in [-0.15, -0.1) is 0 Å². The second-order valence-corrected chi connectivity index (χ2v) is 57.5. The van der Waals surface area contributed by atoms with E-state index >= 15 is 0 Å². The number of nitrogens with zero attached hydrogens (tertiary/aromatic N) is 12. The molecule has 8 heterocycles. The predicted octanol–water partition coefficient (Wildman–Crippen LogP) is 15.3. The summed E-state index contributed by atoms with van der Waals surface area (Å²) >= 11 is 2.30. The van der Waals surface area contributed by atoms with Crippen LogP contribution in [-0.4, -0.2) is 201 Å². The summed E-state index contributed by atoms with van der Waals surface area (Å²) < 4.78 is 41.2. The van der Waals surface area contributed by atoms with E-state index in [0.717, 1.165) is 134 Å². The summed E-state index contributed by atoms with van der Waals surface area (Å²) in [5.41, 5.74) is 6.71. The number of hydrogen-bond acceptors (Lipinski definition) is 18. The highest BCUT2D eigenvalue weighted by atomic mass is 127. The standard InChI is InChI=1S/C37H56N6O4Si2.C28H50IN5O4Si2.C9H8BNO2/c1-37(2,3)47-36(44)41-16-14-28(15-17-41)33-23-34(42(26-45-18-20-48(4,5)6)27-46-19-21-49(7,8)9)43-35(40-33)31(25-39-43)30-22-29-12-10-11-13-32(29)38-24-30;1-28(2,3)38-27(35)32-12-10-22(11-13-32)24-18-25(34-26(31-24)23(29)19-30-34)33(20-36-14-16-39(4,5)6)21-37-15-17-40(7,8)9;12-10(13)8-5-7-3-1-2-4-9(7)11-6-8/h10-13,22-25,28H,14-21,26-27H2,1-9H3;18-19,22H,10-17,20-21H2,1-9H3;1-6,12-13H. The second-order valence-electron chi connectivity index (χ2n) is 33.8. The quantitative estimate of drug-likeness (QED) is 0.0222. The molecule has 556 valence electrons. The van der Waals surface area contributed by atoms with Gasteiger partial charge in [0.1, 0.15) is 49.8 Å². The van der Waals surface area contributed by atoms with Gasteiger partial charge in [0.25, 0.3) is 0 Å². The Morgan fingerprint density at radius 2 is 0.892 bits per heavy atom. The van der Waals surface area contributed by atoms with E-state index < -0.39 is 50.6 Å². The van der Waals surface area contributed by atoms with Crippen LogP contribution in [0.25, 0.3) is 44.2 Å². The molecular weight excluding hydrogens is 1470 g/mol. The minimum atomic E-state index is -1.45. The van der Waals surface area contributed by atoms with E-state index in [1.807, 2.05) is 121 Å². The van der Waals surface area contributed by atoms with Crippen LogP contribution < -0.4 is 15.3 Å². The van der Waals surface area contributed by atoms with E-state index in [1.165, 1.54) is 6.20 Å². The highest BCUT2D eigenvalue weighted by molar-refractivity contribution is 14.1. The van der Waals surface area contributed by atoms with Crippen LogP contribution in [0.5, 0.6) is 0 Å². The zero-order chi connectivity index (χ0) is 74.4. The van der Waals surface area contributed by atoms with Gasteiger partial charge in [0.15, 0.2) is 11.3 Å². The summed E-state index contributed by atoms with van der Waals surface area (Å²) in [5.74, 6) is 2.23. The fraction of sp³-hybridized carbons (Fsp3) is 0.568. The van der Waals surface area contributed by atoms with Crippen molar-refractivity contribution in [3.8, 4) is 11.1 Å². The van der Waals surface area contributed by atoms with Crippen molar-refractivity contribution in [1.29, 1.82) is 0 Å². The number of halogens is 1. The lowest BCUT2D eigenvalue weighted by Crippen LogP contribution is -2.41. The van der Waals surface area contributed by atoms with E-state index in [4.69, 9.17) is 58.5 Å². The Labute approximate surface area is 623 Å². The SMILES string of the molecule is CC(C)(C)OC(=O)N1CCC(c2cc(N(COCC[Si](C)(C)C)COCC[Si](C)(C)C)n3ncc(-c4cnc5ccccc5c4)c3n2)CC1.CC(C)(C)OC(=O)N1CCC(c2cc(N(COCC[Si](C)(C)C)COCC[Si](C)(C)C)n3ncc(I)c3n2)CC1.OB(O)c1cnc2ccccc2c1. The van der Waals surface area contributed by atoms with E-state index in [1.54, 1.807) is 6.07 Å². The number of amides is 2. The van der Waals surface area contributed by atoms with Crippen molar-refractivity contribution < 1.29 is 48.1 Å². The van der Waals surface area contributed by atoms with Gasteiger partial charge in [-0.3, -0.25) is 9.97 Å². The molecule has 10 rings (SSSR count). The number of para-hydroxylation sites is 2. The van der Waals surface area contributed by atoms with Crippen molar-refractivity contribution in [3.63, 3.8) is 0 Å². The lowest BCUT2D eigenvalue weighted by molar-refractivity contribution is 0.0193. The molecule has 2 amide bonds. The van der Waals surface area contributed by atoms with Crippen LogP contribution in [0.15, 0.2) is 97.6 Å². The third-order valence-electron chi connectivity index (χ3n) is 17.5. The molecule has 2 aliphatic rings. The lowest BCUT2D eigenvalue weighted by Gasteiger charge is -2.33. The molecule has 0 atom stereocenters. The summed E-state index contributed by atoms with van der Waals surface area (Å²) in [7, 11) is -6.35. The Hall–Kier alpha value is -5.94. The first kappa shape index (κ1) is 81.7. The molecule has 2 aromatic carbocycles. The van der Waals surface area contributed by atoms with Gasteiger partial charge in [0, 0.05) is 155 Å². The smallest absolute Gasteiger partial charge is 0.444 e. The molecule has 6 aromatic heterocycles. The number of anilines is 2. The minimum Gasteiger partial charge on any atom is -0.444 e. The maximum atomic E-state index is 12.9. The molecule has 28 heteroatoms. The number of ether oxygens (including phenoxy) is 6. The van der Waals surface area contributed by atoms with Gasteiger partial charge < -0.3 is 58.1 Å². The van der Waals surface area contributed by atoms with Gasteiger partial charge in [0.2, 0.25) is 0 Å². The van der Waals surface area contributed by atoms with Gasteiger partial charge in [-0.1, -0.05) is 121 Å². The van der Waals surface area contributed by atoms with Gasteiger partial charge in [-0.05, 0) is 138 Å². The number of fused-ring (bicyclic) bond motifs is 4. The predicted molar refractivity (Wildman–Crippen MR) is 431 cm³/mol. The molecule has 2 aliphatic heterocycles. The number of carbonyl (C=O) groups is 2. The van der Waals surface area contributed by atoms with E-state index in [2.05, 4.69) is 145 Å². The highest BCUT2D eigenvalue weighted by Crippen LogP contribution is 2.36. The Balaban J connectivity index is 0.000000222. The molecule has 8 aromatic rings. The number of pyridine rings is 2. The third-order valence-corrected chi connectivity index (χ3v) is 25.0. The van der Waals surface area contributed by atoms with Crippen molar-refractivity contribution in [2.45, 2.75) is 193 Å². The molecular formula is C74H114BIN12O10Si4. The number of likely N-dealkylation sites (tertiary alicyclic amines) is 2. The Morgan fingerprint density at radius 3 is 1.29 bits per heavy atom. The normalized spacial score (nSPS) is 14.6. The van der Waals surface area contributed by atoms with Crippen molar-refractivity contribution in [2.24, 2.45) is 0 Å². The van der Waals surface area contributed by atoms with Crippen LogP contribution >= 0.6 is 22.6 Å². The summed E-state index contributed by atoms with van der Waals surface area (Å²) in [6.07, 6.45) is 9.89. The molecule has 2 N–H and O–H groups in total. The fourth-order valence-corrected chi connectivity index (χ4v) is 14.8. The van der Waals surface area contributed by atoms with Crippen LogP contribution in [0.4, 0.5) is 21.2 Å². The average molecular weight is 1580 g/mol. The number of piperidine rings is 2. The summed E-state index contributed by atoms with van der Waals surface area (Å²) in [5, 5.41) is 29.3. The molecule has 0 bridgehead atoms. The molecule has 22 nitrogen and oxygen atoms in total. The maximum absolute atomic E-state index is 12.9. The van der Waals surface area contributed by atoms with Crippen LogP contribution in [0, 0.1) is 3.57 Å². The van der Waals surface area contributed by atoms with Gasteiger partial charge in [-0.25, -0.2) is 19.6 Å². The van der Waals surface area contributed by atoms with E-state index in [9.17, 15) is 9.59 Å². The first-order chi connectivity index (χ1) is 47.9. The molecule has 0 spiro atoms. The van der Waals surface area contributed by atoms with Gasteiger partial charge in [-0.2, -0.15) is 19.2 Å². The van der Waals surface area contributed by atoms with Crippen molar-refractivity contribution in [1.82, 2.24) is 49.0 Å². The van der Waals surface area contributed by atoms with Crippen molar-refractivity contribution >= 4 is 124 Å². The van der Waals surface area contributed by atoms with Crippen LogP contribution in [0.3, 0.4) is 0 Å². The number of benzene rings is 2. The largest absolute Gasteiger partial charge is 0.490 e. The first-order valence-electron chi connectivity index (χ1n) is 36.1. The van der Waals surface area contributed by atoms with Crippen LogP contribution in [-0.2, 0) is 28.4 Å². The Bertz CT molecular complexity index is 3980. The molecule has 2 saturated heterocycles. The first-order valence-corrected chi connectivity index (χ1v) is 52.0. The number of rotatable bonds is 26. The average Bonchev–Trinajstić information content (AvgIpc) is 1.57. The molecule has 2 fully saturated rings. The van der Waals surface area contributed by atoms with E-state index in [-0.39, 0.29) is 24.0 Å². The third kappa shape index (κ3) is 25.7. The molecule has 0 aliphatic carbocycles. The Morgan fingerprint density at radius 1 is 0.520 bits per heavy atom.